The Hall–Kier alpha value is -3.63. The van der Waals surface area contributed by atoms with Gasteiger partial charge in [-0.3, -0.25) is 14.3 Å². The van der Waals surface area contributed by atoms with E-state index in [-0.39, 0.29) is 12.5 Å². The van der Waals surface area contributed by atoms with Gasteiger partial charge in [-0.25, -0.2) is 4.98 Å². The number of benzene rings is 1. The summed E-state index contributed by atoms with van der Waals surface area (Å²) in [6.07, 6.45) is 5.93. The molecular weight excluding hydrogens is 468 g/mol. The van der Waals surface area contributed by atoms with Gasteiger partial charge in [-0.2, -0.15) is 5.10 Å². The Bertz CT molecular complexity index is 1200. The van der Waals surface area contributed by atoms with Gasteiger partial charge >= 0.3 is 0 Å². The highest BCUT2D eigenvalue weighted by atomic mass is 35.5. The minimum absolute atomic E-state index is 0.0577. The number of amides is 2. The number of nitrogens with one attached hydrogen (secondary N) is 2. The van der Waals surface area contributed by atoms with Gasteiger partial charge in [0, 0.05) is 44.0 Å². The van der Waals surface area contributed by atoms with Gasteiger partial charge in [0.25, 0.3) is 0 Å². The third-order valence-electron chi connectivity index (χ3n) is 5.88. The van der Waals surface area contributed by atoms with E-state index in [0.717, 1.165) is 38.2 Å². The number of nitrogens with zero attached hydrogens (tertiary/aromatic N) is 5. The fraction of sp³-hybridized carbons (Fsp3) is 0.333. The fourth-order valence-electron chi connectivity index (χ4n) is 3.94. The number of anilines is 3. The van der Waals surface area contributed by atoms with E-state index in [9.17, 15) is 9.59 Å². The Morgan fingerprint density at radius 2 is 1.97 bits per heavy atom. The second-order valence-electron chi connectivity index (χ2n) is 8.51. The molecule has 0 saturated carbocycles. The molecule has 11 heteroatoms. The first-order chi connectivity index (χ1) is 16.9. The van der Waals surface area contributed by atoms with Crippen molar-refractivity contribution in [2.24, 2.45) is 5.73 Å². The van der Waals surface area contributed by atoms with Gasteiger partial charge in [-0.1, -0.05) is 29.8 Å². The third kappa shape index (κ3) is 6.49. The Labute approximate surface area is 209 Å². The molecule has 4 rings (SSSR count). The summed E-state index contributed by atoms with van der Waals surface area (Å²) in [5.74, 6) is 0.132. The van der Waals surface area contributed by atoms with Gasteiger partial charge in [-0.05, 0) is 31.6 Å². The molecule has 0 unspecified atom stereocenters. The van der Waals surface area contributed by atoms with Crippen molar-refractivity contribution in [2.75, 3.05) is 43.9 Å². The second-order valence-corrected chi connectivity index (χ2v) is 8.92. The number of aromatic nitrogens is 3. The quantitative estimate of drug-likeness (QED) is 0.438. The van der Waals surface area contributed by atoms with Crippen LogP contribution in [0.2, 0.25) is 5.02 Å². The van der Waals surface area contributed by atoms with E-state index >= 15 is 0 Å². The van der Waals surface area contributed by atoms with Crippen LogP contribution in [0.3, 0.4) is 0 Å². The van der Waals surface area contributed by atoms with Crippen LogP contribution in [-0.2, 0) is 17.9 Å². The van der Waals surface area contributed by atoms with Crippen LogP contribution >= 0.6 is 11.6 Å². The molecule has 2 aromatic heterocycles. The van der Waals surface area contributed by atoms with Crippen molar-refractivity contribution >= 4 is 40.6 Å². The maximum absolute atomic E-state index is 12.7. The zero-order chi connectivity index (χ0) is 24.8. The lowest BCUT2D eigenvalue weighted by atomic mass is 10.1. The molecule has 0 aliphatic carbocycles. The zero-order valence-corrected chi connectivity index (χ0v) is 20.3. The molecule has 3 aromatic rings. The van der Waals surface area contributed by atoms with Crippen molar-refractivity contribution in [3.05, 3.63) is 65.1 Å². The van der Waals surface area contributed by atoms with E-state index in [1.165, 1.54) is 6.20 Å². The van der Waals surface area contributed by atoms with Crippen LogP contribution in [0.25, 0.3) is 0 Å². The second kappa shape index (κ2) is 11.2. The number of carbonyl (C=O) groups is 2. The Morgan fingerprint density at radius 3 is 2.80 bits per heavy atom. The SMILES string of the molecule is CN1CCCN(C(=O)Cn2cc(Nc3cc(NCc4ccccc4C(N)=O)c(Cl)cn3)cn2)CC1. The van der Waals surface area contributed by atoms with Crippen LogP contribution < -0.4 is 16.4 Å². The highest BCUT2D eigenvalue weighted by molar-refractivity contribution is 6.33. The predicted molar refractivity (Wildman–Crippen MR) is 136 cm³/mol. The first kappa shape index (κ1) is 24.5. The third-order valence-corrected chi connectivity index (χ3v) is 6.18. The van der Waals surface area contributed by atoms with Crippen molar-refractivity contribution < 1.29 is 9.59 Å². The number of pyridine rings is 1. The number of hydrogen-bond acceptors (Lipinski definition) is 7. The van der Waals surface area contributed by atoms with Crippen LogP contribution in [0.15, 0.2) is 48.9 Å². The number of rotatable bonds is 8. The van der Waals surface area contributed by atoms with Crippen molar-refractivity contribution in [1.29, 1.82) is 0 Å². The van der Waals surface area contributed by atoms with E-state index < -0.39 is 5.91 Å². The Morgan fingerprint density at radius 1 is 1.14 bits per heavy atom. The molecular formula is C24H29ClN8O2. The number of carbonyl (C=O) groups excluding carboxylic acids is 2. The molecule has 0 bridgehead atoms. The summed E-state index contributed by atoms with van der Waals surface area (Å²) < 4.78 is 1.62. The molecule has 2 amide bonds. The predicted octanol–water partition coefficient (Wildman–Crippen LogP) is 2.55. The van der Waals surface area contributed by atoms with E-state index in [0.29, 0.717) is 34.3 Å². The molecule has 0 spiro atoms. The van der Waals surface area contributed by atoms with Crippen molar-refractivity contribution in [1.82, 2.24) is 24.6 Å². The average molecular weight is 497 g/mol. The van der Waals surface area contributed by atoms with Crippen molar-refractivity contribution in [3.8, 4) is 0 Å². The smallest absolute Gasteiger partial charge is 0.249 e. The van der Waals surface area contributed by atoms with E-state index in [4.69, 9.17) is 17.3 Å². The van der Waals surface area contributed by atoms with Gasteiger partial charge < -0.3 is 26.2 Å². The monoisotopic (exact) mass is 496 g/mol. The molecule has 1 saturated heterocycles. The van der Waals surface area contributed by atoms with Gasteiger partial charge in [0.2, 0.25) is 11.8 Å². The van der Waals surface area contributed by atoms with E-state index in [1.54, 1.807) is 35.3 Å². The van der Waals surface area contributed by atoms with Crippen LogP contribution in [0, 0.1) is 0 Å². The van der Waals surface area contributed by atoms with Crippen LogP contribution in [0.5, 0.6) is 0 Å². The normalized spacial score (nSPS) is 14.4. The number of primary amides is 1. The summed E-state index contributed by atoms with van der Waals surface area (Å²) in [6, 6.07) is 8.91. The van der Waals surface area contributed by atoms with Crippen LogP contribution in [-0.4, -0.2) is 69.6 Å². The first-order valence-corrected chi connectivity index (χ1v) is 11.8. The largest absolute Gasteiger partial charge is 0.380 e. The molecule has 10 nitrogen and oxygen atoms in total. The highest BCUT2D eigenvalue weighted by Gasteiger charge is 2.18. The molecule has 1 aromatic carbocycles. The number of nitrogens with two attached hydrogens (primary N) is 1. The van der Waals surface area contributed by atoms with E-state index in [2.05, 4.69) is 32.7 Å². The minimum atomic E-state index is -0.482. The molecule has 1 aliphatic rings. The van der Waals surface area contributed by atoms with Gasteiger partial charge in [0.1, 0.15) is 12.4 Å². The molecule has 0 atom stereocenters. The standard InChI is InChI=1S/C24H29ClN8O2/c1-31-7-4-8-32(10-9-31)23(34)16-33-15-18(13-29-33)30-22-11-21(20(25)14-28-22)27-12-17-5-2-3-6-19(17)24(26)35/h2-3,5-6,11,13-15H,4,7-10,12,16H2,1H3,(H2,26,35)(H2,27,28,30). The molecule has 4 N–H and O–H groups in total. The Balaban J connectivity index is 1.37. The van der Waals surface area contributed by atoms with E-state index in [1.807, 2.05) is 17.0 Å². The summed E-state index contributed by atoms with van der Waals surface area (Å²) in [5.41, 5.74) is 8.04. The minimum Gasteiger partial charge on any atom is -0.380 e. The van der Waals surface area contributed by atoms with Crippen molar-refractivity contribution in [3.63, 3.8) is 0 Å². The van der Waals surface area contributed by atoms with Gasteiger partial charge in [-0.15, -0.1) is 0 Å². The summed E-state index contributed by atoms with van der Waals surface area (Å²) >= 11 is 6.32. The molecule has 35 heavy (non-hydrogen) atoms. The molecule has 0 radical (unpaired) electrons. The molecule has 1 fully saturated rings. The van der Waals surface area contributed by atoms with Crippen LogP contribution in [0.1, 0.15) is 22.3 Å². The lowest BCUT2D eigenvalue weighted by molar-refractivity contribution is -0.131. The summed E-state index contributed by atoms with van der Waals surface area (Å²) in [5, 5.41) is 11.2. The average Bonchev–Trinajstić information content (AvgIpc) is 3.15. The molecule has 3 heterocycles. The lowest BCUT2D eigenvalue weighted by Crippen LogP contribution is -2.36. The molecule has 1 aliphatic heterocycles. The number of hydrogen-bond donors (Lipinski definition) is 3. The highest BCUT2D eigenvalue weighted by Crippen LogP contribution is 2.26. The topological polar surface area (TPSA) is 121 Å². The maximum Gasteiger partial charge on any atom is 0.249 e. The Kier molecular flexibility index (Phi) is 7.84. The summed E-state index contributed by atoms with van der Waals surface area (Å²) in [4.78, 5) is 32.8. The first-order valence-electron chi connectivity index (χ1n) is 11.4. The maximum atomic E-state index is 12.7. The van der Waals surface area contributed by atoms with Gasteiger partial charge in [0.15, 0.2) is 0 Å². The lowest BCUT2D eigenvalue weighted by Gasteiger charge is -2.20. The summed E-state index contributed by atoms with van der Waals surface area (Å²) in [7, 11) is 2.07. The molecule has 184 valence electrons. The fourth-order valence-corrected chi connectivity index (χ4v) is 4.11. The number of likely N-dealkylation sites (N-methyl/N-ethyl adjacent to an activating group) is 1. The van der Waals surface area contributed by atoms with Crippen molar-refractivity contribution in [2.45, 2.75) is 19.5 Å². The van der Waals surface area contributed by atoms with Gasteiger partial charge in [0.05, 0.1) is 28.8 Å². The zero-order valence-electron chi connectivity index (χ0n) is 19.6. The number of halogens is 1. The summed E-state index contributed by atoms with van der Waals surface area (Å²) in [6.45, 7) is 3.94. The van der Waals surface area contributed by atoms with Crippen LogP contribution in [0.4, 0.5) is 17.2 Å².